The van der Waals surface area contributed by atoms with Crippen molar-refractivity contribution in [3.8, 4) is 0 Å². The molecular weight excluding hydrogens is 266 g/mol. The Bertz CT molecular complexity index is 613. The number of pyridine rings is 1. The Morgan fingerprint density at radius 1 is 1.19 bits per heavy atom. The lowest BCUT2D eigenvalue weighted by Gasteiger charge is -2.23. The molecule has 0 N–H and O–H groups in total. The lowest BCUT2D eigenvalue weighted by molar-refractivity contribution is 0.0538. The van der Waals surface area contributed by atoms with Crippen LogP contribution in [0.25, 0.3) is 11.2 Å². The molecule has 0 aromatic carbocycles. The normalized spacial score (nSPS) is 26.5. The van der Waals surface area contributed by atoms with Crippen molar-refractivity contribution in [2.24, 2.45) is 5.92 Å². The van der Waals surface area contributed by atoms with E-state index in [4.69, 9.17) is 14.5 Å². The van der Waals surface area contributed by atoms with Gasteiger partial charge in [-0.2, -0.15) is 0 Å². The molecule has 2 aliphatic heterocycles. The third kappa shape index (κ3) is 2.56. The highest BCUT2D eigenvalue weighted by atomic mass is 16.5. The van der Waals surface area contributed by atoms with Crippen LogP contribution in [0.4, 0.5) is 0 Å². The second-order valence-electron chi connectivity index (χ2n) is 6.05. The molecule has 4 rings (SSSR count). The number of hydrogen-bond acceptors (Lipinski definition) is 4. The van der Waals surface area contributed by atoms with Gasteiger partial charge in [0, 0.05) is 32.4 Å². The van der Waals surface area contributed by atoms with Gasteiger partial charge in [-0.3, -0.25) is 0 Å². The minimum atomic E-state index is 0.379. The summed E-state index contributed by atoms with van der Waals surface area (Å²) in [5.74, 6) is 1.73. The van der Waals surface area contributed by atoms with Crippen LogP contribution in [0.2, 0.25) is 0 Å². The lowest BCUT2D eigenvalue weighted by Crippen LogP contribution is -2.22. The van der Waals surface area contributed by atoms with E-state index in [1.807, 2.05) is 12.3 Å². The van der Waals surface area contributed by atoms with Crippen LogP contribution in [0.15, 0.2) is 18.3 Å². The van der Waals surface area contributed by atoms with Crippen molar-refractivity contribution in [1.82, 2.24) is 14.5 Å². The van der Waals surface area contributed by atoms with Crippen molar-refractivity contribution in [2.45, 2.75) is 31.7 Å². The van der Waals surface area contributed by atoms with Gasteiger partial charge in [-0.25, -0.2) is 9.97 Å². The minimum Gasteiger partial charge on any atom is -0.381 e. The predicted molar refractivity (Wildman–Crippen MR) is 79.2 cm³/mol. The van der Waals surface area contributed by atoms with Crippen LogP contribution in [0.5, 0.6) is 0 Å². The van der Waals surface area contributed by atoms with Gasteiger partial charge in [0.1, 0.15) is 11.3 Å². The number of rotatable bonds is 3. The third-order valence-electron chi connectivity index (χ3n) is 4.52. The summed E-state index contributed by atoms with van der Waals surface area (Å²) in [6, 6.07) is 4.39. The van der Waals surface area contributed by atoms with Gasteiger partial charge in [0.2, 0.25) is 0 Å². The van der Waals surface area contributed by atoms with Gasteiger partial charge >= 0.3 is 0 Å². The van der Waals surface area contributed by atoms with E-state index in [0.717, 1.165) is 62.7 Å². The van der Waals surface area contributed by atoms with Gasteiger partial charge < -0.3 is 14.0 Å². The zero-order valence-corrected chi connectivity index (χ0v) is 12.2. The zero-order chi connectivity index (χ0) is 14.1. The fourth-order valence-corrected chi connectivity index (χ4v) is 3.46. The van der Waals surface area contributed by atoms with Crippen molar-refractivity contribution < 1.29 is 9.47 Å². The van der Waals surface area contributed by atoms with Gasteiger partial charge in [0.25, 0.3) is 0 Å². The van der Waals surface area contributed by atoms with Crippen LogP contribution in [0, 0.1) is 5.92 Å². The molecule has 0 bridgehead atoms. The monoisotopic (exact) mass is 287 g/mol. The van der Waals surface area contributed by atoms with Gasteiger partial charge in [0.05, 0.1) is 12.6 Å². The molecule has 0 radical (unpaired) electrons. The molecule has 2 saturated heterocycles. The molecule has 2 atom stereocenters. The highest BCUT2D eigenvalue weighted by Crippen LogP contribution is 2.28. The van der Waals surface area contributed by atoms with Crippen molar-refractivity contribution in [2.75, 3.05) is 26.4 Å². The standard InChI is InChI=1S/C16H21N3O2/c1-4-14-16(17-6-1)19(13-5-8-21-11-13)15(18-14)9-12-3-2-7-20-10-12/h1,4,6,12-13H,2-3,5,7-11H2. The Balaban J connectivity index is 1.70. The first-order valence-electron chi connectivity index (χ1n) is 7.89. The van der Waals surface area contributed by atoms with E-state index in [1.165, 1.54) is 6.42 Å². The van der Waals surface area contributed by atoms with Crippen molar-refractivity contribution in [3.63, 3.8) is 0 Å². The second kappa shape index (κ2) is 5.73. The summed E-state index contributed by atoms with van der Waals surface area (Å²) in [7, 11) is 0. The summed E-state index contributed by atoms with van der Waals surface area (Å²) in [6.45, 7) is 3.38. The molecule has 2 aliphatic rings. The highest BCUT2D eigenvalue weighted by Gasteiger charge is 2.26. The van der Waals surface area contributed by atoms with E-state index in [-0.39, 0.29) is 0 Å². The first-order valence-corrected chi connectivity index (χ1v) is 7.89. The van der Waals surface area contributed by atoms with E-state index >= 15 is 0 Å². The third-order valence-corrected chi connectivity index (χ3v) is 4.52. The van der Waals surface area contributed by atoms with E-state index in [2.05, 4.69) is 15.6 Å². The Hall–Kier alpha value is -1.46. The summed E-state index contributed by atoms with van der Waals surface area (Å²) in [5.41, 5.74) is 2.00. The van der Waals surface area contributed by atoms with Crippen molar-refractivity contribution in [3.05, 3.63) is 24.2 Å². The number of fused-ring (bicyclic) bond motifs is 1. The maximum Gasteiger partial charge on any atom is 0.160 e. The number of aromatic nitrogens is 3. The number of ether oxygens (including phenoxy) is 2. The van der Waals surface area contributed by atoms with Crippen LogP contribution in [-0.2, 0) is 15.9 Å². The number of hydrogen-bond donors (Lipinski definition) is 0. The van der Waals surface area contributed by atoms with Crippen molar-refractivity contribution in [1.29, 1.82) is 0 Å². The maximum atomic E-state index is 5.62. The summed E-state index contributed by atoms with van der Waals surface area (Å²) in [5, 5.41) is 0. The SMILES string of the molecule is c1cnc2c(c1)nc(CC1CCCOC1)n2C1CCOC1. The first kappa shape index (κ1) is 13.2. The van der Waals surface area contributed by atoms with Gasteiger partial charge in [0.15, 0.2) is 5.65 Å². The van der Waals surface area contributed by atoms with Crippen LogP contribution in [0.1, 0.15) is 31.1 Å². The van der Waals surface area contributed by atoms with E-state index in [9.17, 15) is 0 Å². The molecule has 0 amide bonds. The lowest BCUT2D eigenvalue weighted by atomic mass is 9.98. The molecular formula is C16H21N3O2. The Labute approximate surface area is 124 Å². The molecule has 4 heterocycles. The molecule has 2 aromatic heterocycles. The minimum absolute atomic E-state index is 0.379. The quantitative estimate of drug-likeness (QED) is 0.869. The predicted octanol–water partition coefficient (Wildman–Crippen LogP) is 2.36. The molecule has 2 unspecified atom stereocenters. The van der Waals surface area contributed by atoms with Crippen LogP contribution in [0.3, 0.4) is 0 Å². The second-order valence-corrected chi connectivity index (χ2v) is 6.05. The Kier molecular flexibility index (Phi) is 3.61. The number of imidazole rings is 1. The molecule has 112 valence electrons. The summed E-state index contributed by atoms with van der Waals surface area (Å²) in [6.07, 6.45) is 6.28. The fraction of sp³-hybridized carbons (Fsp3) is 0.625. The first-order chi connectivity index (χ1) is 10.4. The molecule has 21 heavy (non-hydrogen) atoms. The van der Waals surface area contributed by atoms with Crippen molar-refractivity contribution >= 4 is 11.2 Å². The van der Waals surface area contributed by atoms with Crippen LogP contribution < -0.4 is 0 Å². The molecule has 0 aliphatic carbocycles. The summed E-state index contributed by atoms with van der Waals surface area (Å²) >= 11 is 0. The van der Waals surface area contributed by atoms with Crippen LogP contribution in [-0.4, -0.2) is 41.0 Å². The topological polar surface area (TPSA) is 49.2 Å². The van der Waals surface area contributed by atoms with Gasteiger partial charge in [-0.05, 0) is 37.3 Å². The maximum absolute atomic E-state index is 5.62. The van der Waals surface area contributed by atoms with E-state index < -0.39 is 0 Å². The molecule has 0 saturated carbocycles. The molecule has 5 heteroatoms. The molecule has 2 aromatic rings. The number of nitrogens with zero attached hydrogens (tertiary/aromatic N) is 3. The highest BCUT2D eigenvalue weighted by molar-refractivity contribution is 5.71. The van der Waals surface area contributed by atoms with Crippen LogP contribution >= 0.6 is 0 Å². The Morgan fingerprint density at radius 2 is 2.14 bits per heavy atom. The summed E-state index contributed by atoms with van der Waals surface area (Å²) in [4.78, 5) is 9.39. The molecule has 5 nitrogen and oxygen atoms in total. The average Bonchev–Trinajstić information content (AvgIpc) is 3.14. The molecule has 2 fully saturated rings. The van der Waals surface area contributed by atoms with Gasteiger partial charge in [-0.1, -0.05) is 0 Å². The zero-order valence-electron chi connectivity index (χ0n) is 12.2. The molecule has 0 spiro atoms. The largest absolute Gasteiger partial charge is 0.381 e. The Morgan fingerprint density at radius 3 is 2.95 bits per heavy atom. The average molecular weight is 287 g/mol. The van der Waals surface area contributed by atoms with E-state index in [0.29, 0.717) is 12.0 Å². The smallest absolute Gasteiger partial charge is 0.160 e. The van der Waals surface area contributed by atoms with E-state index in [1.54, 1.807) is 0 Å². The fourth-order valence-electron chi connectivity index (χ4n) is 3.46. The van der Waals surface area contributed by atoms with Gasteiger partial charge in [-0.15, -0.1) is 0 Å². The summed E-state index contributed by atoms with van der Waals surface area (Å²) < 4.78 is 13.5.